The van der Waals surface area contributed by atoms with Crippen molar-refractivity contribution < 1.29 is 32.8 Å². The Morgan fingerprint density at radius 1 is 1.05 bits per heavy atom. The van der Waals surface area contributed by atoms with E-state index in [4.69, 9.17) is 28.4 Å². The lowest BCUT2D eigenvalue weighted by Gasteiger charge is -2.28. The number of fused-ring (bicyclic) bond motifs is 1. The minimum absolute atomic E-state index is 0.00545. The van der Waals surface area contributed by atoms with Crippen LogP contribution in [0.1, 0.15) is 27.7 Å². The van der Waals surface area contributed by atoms with Crippen molar-refractivity contribution in [2.75, 3.05) is 19.9 Å². The lowest BCUT2D eigenvalue weighted by molar-refractivity contribution is -0.236. The Balaban J connectivity index is 1.72. The summed E-state index contributed by atoms with van der Waals surface area (Å²) in [6, 6.07) is 0. The standard InChI is InChI=1S/C14H23FO6/c1-13(2)17-7-8(19-13)9-10(16-6-5-15)11-12(18-9)21-14(3,4)20-11/h8-12H,5-7H2,1-4H3/t8?,9?,10-,11-,12-/m1/s1. The first-order chi connectivity index (χ1) is 9.81. The maximum absolute atomic E-state index is 12.5. The molecular formula is C14H23FO6. The highest BCUT2D eigenvalue weighted by Crippen LogP contribution is 2.41. The largest absolute Gasteiger partial charge is 0.370 e. The maximum atomic E-state index is 12.5. The van der Waals surface area contributed by atoms with E-state index in [1.54, 1.807) is 0 Å². The van der Waals surface area contributed by atoms with Crippen LogP contribution in [-0.2, 0) is 28.4 Å². The summed E-state index contributed by atoms with van der Waals surface area (Å²) in [6.45, 7) is 7.15. The highest BCUT2D eigenvalue weighted by molar-refractivity contribution is 4.98. The number of hydrogen-bond donors (Lipinski definition) is 0. The van der Waals surface area contributed by atoms with Gasteiger partial charge in [0.15, 0.2) is 17.9 Å². The van der Waals surface area contributed by atoms with Crippen LogP contribution in [-0.4, -0.2) is 62.2 Å². The number of hydrogen-bond acceptors (Lipinski definition) is 6. The molecule has 3 aliphatic rings. The number of halogens is 1. The molecule has 6 nitrogen and oxygen atoms in total. The Bertz CT molecular complexity index is 388. The maximum Gasteiger partial charge on any atom is 0.190 e. The first kappa shape index (κ1) is 15.6. The third-order valence-corrected chi connectivity index (χ3v) is 3.81. The van der Waals surface area contributed by atoms with Crippen LogP contribution in [0.5, 0.6) is 0 Å². The molecule has 0 aromatic carbocycles. The Morgan fingerprint density at radius 2 is 1.81 bits per heavy atom. The molecule has 0 spiro atoms. The molecule has 0 aromatic heterocycles. The van der Waals surface area contributed by atoms with Crippen LogP contribution in [0.25, 0.3) is 0 Å². The van der Waals surface area contributed by atoms with Crippen LogP contribution >= 0.6 is 0 Å². The summed E-state index contributed by atoms with van der Waals surface area (Å²) in [5, 5.41) is 0. The molecule has 0 amide bonds. The van der Waals surface area contributed by atoms with Crippen LogP contribution < -0.4 is 0 Å². The Labute approximate surface area is 123 Å². The molecule has 3 aliphatic heterocycles. The summed E-state index contributed by atoms with van der Waals surface area (Å²) in [6.07, 6.45) is -2.03. The van der Waals surface area contributed by atoms with E-state index in [0.717, 1.165) is 0 Å². The monoisotopic (exact) mass is 306 g/mol. The number of alkyl halides is 1. The van der Waals surface area contributed by atoms with Crippen LogP contribution in [0.2, 0.25) is 0 Å². The van der Waals surface area contributed by atoms with Crippen LogP contribution in [0.15, 0.2) is 0 Å². The number of rotatable bonds is 4. The fourth-order valence-corrected chi connectivity index (χ4v) is 3.05. The van der Waals surface area contributed by atoms with E-state index in [9.17, 15) is 4.39 Å². The minimum atomic E-state index is -0.732. The van der Waals surface area contributed by atoms with Gasteiger partial charge in [-0.3, -0.25) is 0 Å². The van der Waals surface area contributed by atoms with E-state index in [2.05, 4.69) is 0 Å². The first-order valence-electron chi connectivity index (χ1n) is 7.32. The molecule has 0 saturated carbocycles. The molecule has 122 valence electrons. The molecule has 7 heteroatoms. The normalized spacial score (nSPS) is 44.1. The van der Waals surface area contributed by atoms with Gasteiger partial charge in [0.1, 0.15) is 31.1 Å². The molecular weight excluding hydrogens is 283 g/mol. The van der Waals surface area contributed by atoms with Gasteiger partial charge in [-0.25, -0.2) is 4.39 Å². The van der Waals surface area contributed by atoms with Gasteiger partial charge in [0.2, 0.25) is 0 Å². The molecule has 0 radical (unpaired) electrons. The second-order valence-electron chi connectivity index (χ2n) is 6.46. The Kier molecular flexibility index (Phi) is 4.01. The number of ether oxygens (including phenoxy) is 6. The average Bonchev–Trinajstić information content (AvgIpc) is 2.96. The van der Waals surface area contributed by atoms with Gasteiger partial charge in [-0.05, 0) is 27.7 Å². The van der Waals surface area contributed by atoms with Gasteiger partial charge in [0.25, 0.3) is 0 Å². The van der Waals surface area contributed by atoms with Crippen molar-refractivity contribution in [1.29, 1.82) is 0 Å². The van der Waals surface area contributed by atoms with Gasteiger partial charge in [0, 0.05) is 0 Å². The molecule has 3 rings (SSSR count). The van der Waals surface area contributed by atoms with Crippen LogP contribution in [0.4, 0.5) is 4.39 Å². The summed E-state index contributed by atoms with van der Waals surface area (Å²) < 4.78 is 46.9. The lowest BCUT2D eigenvalue weighted by atomic mass is 10.1. The van der Waals surface area contributed by atoms with Crippen molar-refractivity contribution in [3.05, 3.63) is 0 Å². The van der Waals surface area contributed by atoms with Crippen molar-refractivity contribution in [2.24, 2.45) is 0 Å². The van der Waals surface area contributed by atoms with E-state index in [1.165, 1.54) is 0 Å². The van der Waals surface area contributed by atoms with E-state index < -0.39 is 36.7 Å². The average molecular weight is 306 g/mol. The van der Waals surface area contributed by atoms with Gasteiger partial charge in [0.05, 0.1) is 13.2 Å². The van der Waals surface area contributed by atoms with Crippen LogP contribution in [0, 0.1) is 0 Å². The second kappa shape index (κ2) is 5.40. The van der Waals surface area contributed by atoms with Crippen molar-refractivity contribution in [3.63, 3.8) is 0 Å². The second-order valence-corrected chi connectivity index (χ2v) is 6.46. The predicted molar refractivity (Wildman–Crippen MR) is 69.3 cm³/mol. The van der Waals surface area contributed by atoms with E-state index in [1.807, 2.05) is 27.7 Å². The van der Waals surface area contributed by atoms with Gasteiger partial charge in [-0.1, -0.05) is 0 Å². The summed E-state index contributed by atoms with van der Waals surface area (Å²) in [5.41, 5.74) is 0. The van der Waals surface area contributed by atoms with E-state index >= 15 is 0 Å². The van der Waals surface area contributed by atoms with Gasteiger partial charge in [-0.15, -0.1) is 0 Å². The lowest BCUT2D eigenvalue weighted by Crippen LogP contribution is -2.44. The topological polar surface area (TPSA) is 55.4 Å². The predicted octanol–water partition coefficient (Wildman–Crippen LogP) is 1.37. The fraction of sp³-hybridized carbons (Fsp3) is 1.00. The van der Waals surface area contributed by atoms with Crippen molar-refractivity contribution in [2.45, 2.75) is 70.0 Å². The fourth-order valence-electron chi connectivity index (χ4n) is 3.05. The summed E-state index contributed by atoms with van der Waals surface area (Å²) in [5.74, 6) is -1.39. The molecule has 5 atom stereocenters. The molecule has 0 aliphatic carbocycles. The molecule has 0 bridgehead atoms. The minimum Gasteiger partial charge on any atom is -0.370 e. The molecule has 0 N–H and O–H groups in total. The van der Waals surface area contributed by atoms with Crippen molar-refractivity contribution in [3.8, 4) is 0 Å². The smallest absolute Gasteiger partial charge is 0.190 e. The van der Waals surface area contributed by atoms with E-state index in [-0.39, 0.29) is 18.8 Å². The van der Waals surface area contributed by atoms with Gasteiger partial charge < -0.3 is 28.4 Å². The summed E-state index contributed by atoms with van der Waals surface area (Å²) in [4.78, 5) is 0. The zero-order chi connectivity index (χ0) is 15.3. The van der Waals surface area contributed by atoms with E-state index in [0.29, 0.717) is 6.61 Å². The highest BCUT2D eigenvalue weighted by atomic mass is 19.1. The molecule has 3 fully saturated rings. The molecule has 3 heterocycles. The molecule has 0 aromatic rings. The summed E-state index contributed by atoms with van der Waals surface area (Å²) >= 11 is 0. The quantitative estimate of drug-likeness (QED) is 0.782. The molecule has 3 saturated heterocycles. The third kappa shape index (κ3) is 3.09. The first-order valence-corrected chi connectivity index (χ1v) is 7.32. The van der Waals surface area contributed by atoms with Crippen LogP contribution in [0.3, 0.4) is 0 Å². The van der Waals surface area contributed by atoms with Gasteiger partial charge >= 0.3 is 0 Å². The third-order valence-electron chi connectivity index (χ3n) is 3.81. The molecule has 21 heavy (non-hydrogen) atoms. The highest BCUT2D eigenvalue weighted by Gasteiger charge is 2.58. The Morgan fingerprint density at radius 3 is 2.43 bits per heavy atom. The van der Waals surface area contributed by atoms with Crippen molar-refractivity contribution >= 4 is 0 Å². The molecule has 2 unspecified atom stereocenters. The zero-order valence-corrected chi connectivity index (χ0v) is 12.8. The van der Waals surface area contributed by atoms with Crippen molar-refractivity contribution in [1.82, 2.24) is 0 Å². The Hall–Kier alpha value is -0.310. The van der Waals surface area contributed by atoms with Gasteiger partial charge in [-0.2, -0.15) is 0 Å². The summed E-state index contributed by atoms with van der Waals surface area (Å²) in [7, 11) is 0. The zero-order valence-electron chi connectivity index (χ0n) is 12.8. The SMILES string of the molecule is CC1(C)OCC(C2O[C@@H]3OC(C)(C)O[C@@H]3[C@@H]2OCCF)O1.